The smallest absolute Gasteiger partial charge is 0.0577 e. The van der Waals surface area contributed by atoms with Crippen molar-refractivity contribution in [2.45, 2.75) is 30.0 Å². The summed E-state index contributed by atoms with van der Waals surface area (Å²) in [5.41, 5.74) is 1.15. The van der Waals surface area contributed by atoms with E-state index in [4.69, 9.17) is 11.6 Å². The minimum atomic E-state index is -1.12. The van der Waals surface area contributed by atoms with E-state index in [0.29, 0.717) is 5.02 Å². The van der Waals surface area contributed by atoms with Gasteiger partial charge in [0.2, 0.25) is 0 Å². The molecular formula is C17H20ClNOS. The highest BCUT2D eigenvalue weighted by Crippen LogP contribution is 2.25. The molecule has 0 aliphatic heterocycles. The molecule has 2 rings (SSSR count). The van der Waals surface area contributed by atoms with Crippen molar-refractivity contribution in [1.29, 1.82) is 0 Å². The molecule has 21 heavy (non-hydrogen) atoms. The molecule has 0 fully saturated rings. The Labute approximate surface area is 134 Å². The highest BCUT2D eigenvalue weighted by Gasteiger charge is 2.24. The molecule has 0 heterocycles. The summed E-state index contributed by atoms with van der Waals surface area (Å²) in [6.45, 7) is 4.90. The van der Waals surface area contributed by atoms with Gasteiger partial charge in [0, 0.05) is 16.0 Å². The minimum absolute atomic E-state index is 0.0502. The highest BCUT2D eigenvalue weighted by molar-refractivity contribution is 7.85. The molecule has 0 spiro atoms. The normalized spacial score (nSPS) is 15.4. The largest absolute Gasteiger partial charge is 0.309 e. The minimum Gasteiger partial charge on any atom is -0.309 e. The van der Waals surface area contributed by atoms with E-state index in [-0.39, 0.29) is 11.3 Å². The van der Waals surface area contributed by atoms with Crippen molar-refractivity contribution >= 4 is 22.4 Å². The van der Waals surface area contributed by atoms with Crippen molar-refractivity contribution < 1.29 is 4.21 Å². The second kappa shape index (κ2) is 7.74. The van der Waals surface area contributed by atoms with Gasteiger partial charge in [-0.25, -0.2) is 0 Å². The lowest BCUT2D eigenvalue weighted by molar-refractivity contribution is 0.535. The van der Waals surface area contributed by atoms with Crippen molar-refractivity contribution in [3.05, 3.63) is 65.2 Å². The van der Waals surface area contributed by atoms with E-state index in [9.17, 15) is 4.21 Å². The lowest BCUT2D eigenvalue weighted by Gasteiger charge is -2.25. The molecule has 4 heteroatoms. The van der Waals surface area contributed by atoms with Crippen LogP contribution in [0.1, 0.15) is 25.5 Å². The third-order valence-corrected chi connectivity index (χ3v) is 5.32. The van der Waals surface area contributed by atoms with Gasteiger partial charge in [-0.05, 0) is 37.2 Å². The zero-order valence-electron chi connectivity index (χ0n) is 12.3. The first-order chi connectivity index (χ1) is 10.1. The molecule has 0 aliphatic rings. The molecule has 0 radical (unpaired) electrons. The number of hydrogen-bond donors (Lipinski definition) is 1. The second-order valence-electron chi connectivity index (χ2n) is 4.91. The van der Waals surface area contributed by atoms with E-state index in [1.54, 1.807) is 12.1 Å². The molecule has 0 amide bonds. The number of halogens is 1. The molecular weight excluding hydrogens is 302 g/mol. The molecule has 2 nitrogen and oxygen atoms in total. The van der Waals surface area contributed by atoms with Gasteiger partial charge in [-0.1, -0.05) is 54.9 Å². The van der Waals surface area contributed by atoms with Crippen molar-refractivity contribution in [2.75, 3.05) is 6.54 Å². The zero-order chi connectivity index (χ0) is 15.2. The maximum absolute atomic E-state index is 12.8. The van der Waals surface area contributed by atoms with Gasteiger partial charge in [0.25, 0.3) is 0 Å². The van der Waals surface area contributed by atoms with Crippen LogP contribution in [0.15, 0.2) is 59.5 Å². The molecule has 3 unspecified atom stereocenters. The van der Waals surface area contributed by atoms with Crippen LogP contribution in [0, 0.1) is 0 Å². The SMILES string of the molecule is CCNC(c1ccccc1)C(C)S(=O)c1cccc(Cl)c1. The maximum Gasteiger partial charge on any atom is 0.0577 e. The van der Waals surface area contributed by atoms with Gasteiger partial charge >= 0.3 is 0 Å². The molecule has 0 saturated heterocycles. The van der Waals surface area contributed by atoms with Gasteiger partial charge in [0.05, 0.1) is 16.0 Å². The summed E-state index contributed by atoms with van der Waals surface area (Å²) in [6.07, 6.45) is 0. The molecule has 0 aliphatic carbocycles. The number of nitrogens with one attached hydrogen (secondary N) is 1. The van der Waals surface area contributed by atoms with Crippen LogP contribution in [0.5, 0.6) is 0 Å². The molecule has 3 atom stereocenters. The summed E-state index contributed by atoms with van der Waals surface area (Å²) < 4.78 is 12.8. The first kappa shape index (κ1) is 16.2. The van der Waals surface area contributed by atoms with Crippen LogP contribution in [0.3, 0.4) is 0 Å². The highest BCUT2D eigenvalue weighted by atomic mass is 35.5. The predicted molar refractivity (Wildman–Crippen MR) is 90.2 cm³/mol. The summed E-state index contributed by atoms with van der Waals surface area (Å²) in [7, 11) is -1.12. The molecule has 0 aromatic heterocycles. The molecule has 112 valence electrons. The van der Waals surface area contributed by atoms with E-state index in [1.807, 2.05) is 37.3 Å². The molecule has 1 N–H and O–H groups in total. The average molecular weight is 322 g/mol. The quantitative estimate of drug-likeness (QED) is 0.864. The van der Waals surface area contributed by atoms with Gasteiger partial charge in [-0.15, -0.1) is 0 Å². The van der Waals surface area contributed by atoms with Gasteiger partial charge in [0.15, 0.2) is 0 Å². The molecule has 0 bridgehead atoms. The fourth-order valence-corrected chi connectivity index (χ4v) is 4.01. The van der Waals surface area contributed by atoms with Crippen LogP contribution >= 0.6 is 11.6 Å². The van der Waals surface area contributed by atoms with E-state index < -0.39 is 10.8 Å². The number of rotatable bonds is 6. The van der Waals surface area contributed by atoms with Crippen molar-refractivity contribution in [3.63, 3.8) is 0 Å². The van der Waals surface area contributed by atoms with E-state index in [2.05, 4.69) is 24.4 Å². The Morgan fingerprint density at radius 3 is 2.48 bits per heavy atom. The van der Waals surface area contributed by atoms with Crippen LogP contribution in [-0.2, 0) is 10.8 Å². The zero-order valence-corrected chi connectivity index (χ0v) is 13.8. The monoisotopic (exact) mass is 321 g/mol. The summed E-state index contributed by atoms with van der Waals surface area (Å²) in [4.78, 5) is 0.772. The fraction of sp³-hybridized carbons (Fsp3) is 0.294. The van der Waals surface area contributed by atoms with Crippen LogP contribution in [-0.4, -0.2) is 16.0 Å². The Morgan fingerprint density at radius 2 is 1.86 bits per heavy atom. The summed E-state index contributed by atoms with van der Waals surface area (Å²) in [5.74, 6) is 0. The van der Waals surface area contributed by atoms with E-state index in [1.165, 1.54) is 0 Å². The van der Waals surface area contributed by atoms with Crippen LogP contribution < -0.4 is 5.32 Å². The standard InChI is InChI=1S/C17H20ClNOS/c1-3-19-17(14-8-5-4-6-9-14)13(2)21(20)16-11-7-10-15(18)12-16/h4-13,17,19H,3H2,1-2H3. The van der Waals surface area contributed by atoms with Crippen LogP contribution in [0.2, 0.25) is 5.02 Å². The van der Waals surface area contributed by atoms with E-state index >= 15 is 0 Å². The Bertz CT molecular complexity index is 603. The van der Waals surface area contributed by atoms with Gasteiger partial charge in [-0.2, -0.15) is 0 Å². The van der Waals surface area contributed by atoms with Crippen molar-refractivity contribution in [3.8, 4) is 0 Å². The Hall–Kier alpha value is -1.16. The van der Waals surface area contributed by atoms with Gasteiger partial charge in [0.1, 0.15) is 0 Å². The number of hydrogen-bond acceptors (Lipinski definition) is 2. The number of benzene rings is 2. The summed E-state index contributed by atoms with van der Waals surface area (Å²) in [5, 5.41) is 4.01. The third-order valence-electron chi connectivity index (χ3n) is 3.42. The van der Waals surface area contributed by atoms with E-state index in [0.717, 1.165) is 17.0 Å². The van der Waals surface area contributed by atoms with Crippen LogP contribution in [0.25, 0.3) is 0 Å². The maximum atomic E-state index is 12.8. The predicted octanol–water partition coefficient (Wildman–Crippen LogP) is 4.19. The van der Waals surface area contributed by atoms with Crippen molar-refractivity contribution in [2.24, 2.45) is 0 Å². The Balaban J connectivity index is 2.26. The van der Waals surface area contributed by atoms with Crippen LogP contribution in [0.4, 0.5) is 0 Å². The average Bonchev–Trinajstić information content (AvgIpc) is 2.52. The van der Waals surface area contributed by atoms with Gasteiger partial charge in [-0.3, -0.25) is 4.21 Å². The topological polar surface area (TPSA) is 29.1 Å². The first-order valence-electron chi connectivity index (χ1n) is 7.08. The molecule has 0 saturated carbocycles. The van der Waals surface area contributed by atoms with Gasteiger partial charge < -0.3 is 5.32 Å². The fourth-order valence-electron chi connectivity index (χ4n) is 2.37. The van der Waals surface area contributed by atoms with Crippen molar-refractivity contribution in [1.82, 2.24) is 5.32 Å². The summed E-state index contributed by atoms with van der Waals surface area (Å²) in [6, 6.07) is 17.5. The Kier molecular flexibility index (Phi) is 5.97. The lowest BCUT2D eigenvalue weighted by Crippen LogP contribution is -2.33. The second-order valence-corrected chi connectivity index (χ2v) is 7.15. The lowest BCUT2D eigenvalue weighted by atomic mass is 10.0. The Morgan fingerprint density at radius 1 is 1.14 bits per heavy atom. The summed E-state index contributed by atoms with van der Waals surface area (Å²) >= 11 is 6.00. The molecule has 2 aromatic carbocycles. The first-order valence-corrected chi connectivity index (χ1v) is 8.67. The molecule has 2 aromatic rings. The third kappa shape index (κ3) is 4.16.